The van der Waals surface area contributed by atoms with Crippen LogP contribution >= 0.6 is 11.6 Å². The zero-order valence-electron chi connectivity index (χ0n) is 7.96. The molecule has 1 radical (unpaired) electrons. The first-order valence-electron chi connectivity index (χ1n) is 4.84. The van der Waals surface area contributed by atoms with Gasteiger partial charge in [-0.25, -0.2) is 0 Å². The predicted molar refractivity (Wildman–Crippen MR) is 59.8 cm³/mol. The Balaban J connectivity index is 2.31. The molecule has 2 aromatic rings. The van der Waals surface area contributed by atoms with E-state index in [4.69, 9.17) is 11.6 Å². The minimum atomic E-state index is -0.0228. The van der Waals surface area contributed by atoms with Crippen molar-refractivity contribution in [1.82, 2.24) is 0 Å². The summed E-state index contributed by atoms with van der Waals surface area (Å²) in [6.45, 7) is 0. The van der Waals surface area contributed by atoms with E-state index in [1.165, 1.54) is 11.1 Å². The molecule has 1 aliphatic rings. The lowest BCUT2D eigenvalue weighted by Crippen LogP contribution is -1.81. The molecular formula is C13H8ClO. The molecule has 0 aliphatic heterocycles. The number of hydrogen-bond donors (Lipinski definition) is 0. The van der Waals surface area contributed by atoms with E-state index in [2.05, 4.69) is 12.1 Å². The van der Waals surface area contributed by atoms with Crippen LogP contribution in [0, 0.1) is 0 Å². The molecule has 0 amide bonds. The molecule has 0 atom stereocenters. The van der Waals surface area contributed by atoms with Gasteiger partial charge in [0.05, 0.1) is 5.02 Å². The summed E-state index contributed by atoms with van der Waals surface area (Å²) >= 11 is 5.82. The maximum absolute atomic E-state index is 11.8. The Morgan fingerprint density at radius 3 is 2.67 bits per heavy atom. The van der Waals surface area contributed by atoms with Crippen molar-refractivity contribution in [2.24, 2.45) is 0 Å². The molecule has 2 aromatic carbocycles. The number of fused-ring (bicyclic) bond motifs is 3. The summed E-state index contributed by atoms with van der Waals surface area (Å²) < 4.78 is 0. The fourth-order valence-corrected chi connectivity index (χ4v) is 2.33. The van der Waals surface area contributed by atoms with Gasteiger partial charge in [-0.3, -0.25) is 5.11 Å². The number of rotatable bonds is 0. The van der Waals surface area contributed by atoms with Gasteiger partial charge in [0.2, 0.25) is 5.75 Å². The van der Waals surface area contributed by atoms with Crippen LogP contribution in [0.15, 0.2) is 36.4 Å². The average molecular weight is 216 g/mol. The predicted octanol–water partition coefficient (Wildman–Crippen LogP) is 4.06. The normalized spacial score (nSPS) is 12.3. The van der Waals surface area contributed by atoms with Crippen molar-refractivity contribution in [1.29, 1.82) is 0 Å². The van der Waals surface area contributed by atoms with E-state index in [0.29, 0.717) is 11.4 Å². The second-order valence-electron chi connectivity index (χ2n) is 3.74. The van der Waals surface area contributed by atoms with Crippen LogP contribution in [-0.2, 0) is 11.5 Å². The van der Waals surface area contributed by atoms with Crippen LogP contribution in [0.3, 0.4) is 0 Å². The van der Waals surface area contributed by atoms with Gasteiger partial charge in [0.25, 0.3) is 0 Å². The lowest BCUT2D eigenvalue weighted by molar-refractivity contribution is 0.351. The highest BCUT2D eigenvalue weighted by Gasteiger charge is 2.22. The third kappa shape index (κ3) is 1.17. The van der Waals surface area contributed by atoms with Crippen molar-refractivity contribution in [3.63, 3.8) is 0 Å². The third-order valence-electron chi connectivity index (χ3n) is 2.89. The fourth-order valence-electron chi connectivity index (χ4n) is 2.15. The fraction of sp³-hybridized carbons (Fsp3) is 0.0769. The average Bonchev–Trinajstić information content (AvgIpc) is 2.63. The highest BCUT2D eigenvalue weighted by Crippen LogP contribution is 2.43. The van der Waals surface area contributed by atoms with E-state index in [-0.39, 0.29) is 5.75 Å². The minimum Gasteiger partial charge on any atom is -0.288 e. The summed E-state index contributed by atoms with van der Waals surface area (Å²) in [5.74, 6) is -0.0228. The van der Waals surface area contributed by atoms with Crippen LogP contribution in [0.4, 0.5) is 0 Å². The number of hydrogen-bond acceptors (Lipinski definition) is 0. The van der Waals surface area contributed by atoms with Gasteiger partial charge in [-0.1, -0.05) is 41.9 Å². The molecule has 15 heavy (non-hydrogen) atoms. The van der Waals surface area contributed by atoms with Gasteiger partial charge in [-0.05, 0) is 22.8 Å². The van der Waals surface area contributed by atoms with Crippen LogP contribution in [0.25, 0.3) is 11.1 Å². The first kappa shape index (κ1) is 8.81. The molecule has 73 valence electrons. The zero-order valence-corrected chi connectivity index (χ0v) is 8.71. The molecule has 2 heteroatoms. The Bertz CT molecular complexity index is 546. The van der Waals surface area contributed by atoms with Gasteiger partial charge in [0.1, 0.15) is 0 Å². The Hall–Kier alpha value is -1.47. The number of halogens is 1. The zero-order chi connectivity index (χ0) is 10.4. The second-order valence-corrected chi connectivity index (χ2v) is 4.14. The maximum Gasteiger partial charge on any atom is 0.201 e. The molecule has 0 aromatic heterocycles. The number of benzene rings is 2. The van der Waals surface area contributed by atoms with Crippen molar-refractivity contribution in [3.05, 3.63) is 52.5 Å². The van der Waals surface area contributed by atoms with Crippen molar-refractivity contribution in [2.75, 3.05) is 0 Å². The molecule has 0 heterocycles. The first-order chi connectivity index (χ1) is 7.27. The molecule has 0 saturated heterocycles. The van der Waals surface area contributed by atoms with Gasteiger partial charge in [-0.15, -0.1) is 0 Å². The topological polar surface area (TPSA) is 19.9 Å². The van der Waals surface area contributed by atoms with E-state index in [1.54, 1.807) is 6.07 Å². The van der Waals surface area contributed by atoms with Gasteiger partial charge < -0.3 is 0 Å². The molecular weight excluding hydrogens is 208 g/mol. The molecule has 0 spiro atoms. The Kier molecular flexibility index (Phi) is 1.77. The molecule has 3 rings (SSSR count). The first-order valence-corrected chi connectivity index (χ1v) is 5.22. The van der Waals surface area contributed by atoms with Crippen molar-refractivity contribution in [3.8, 4) is 16.9 Å². The SMILES string of the molecule is [O]c1c(Cl)ccc2c1Cc1ccccc1-2. The van der Waals surface area contributed by atoms with Crippen LogP contribution in [0.1, 0.15) is 11.1 Å². The van der Waals surface area contributed by atoms with Crippen LogP contribution in [0.5, 0.6) is 5.75 Å². The molecule has 1 aliphatic carbocycles. The smallest absolute Gasteiger partial charge is 0.201 e. The van der Waals surface area contributed by atoms with E-state index >= 15 is 0 Å². The summed E-state index contributed by atoms with van der Waals surface area (Å²) in [4.78, 5) is 0. The van der Waals surface area contributed by atoms with E-state index in [0.717, 1.165) is 11.1 Å². The summed E-state index contributed by atoms with van der Waals surface area (Å²) in [7, 11) is 0. The van der Waals surface area contributed by atoms with Crippen molar-refractivity contribution < 1.29 is 5.11 Å². The summed E-state index contributed by atoms with van der Waals surface area (Å²) in [6.07, 6.45) is 0.713. The molecule has 0 N–H and O–H groups in total. The highest BCUT2D eigenvalue weighted by molar-refractivity contribution is 6.32. The quantitative estimate of drug-likeness (QED) is 0.539. The Labute approximate surface area is 92.9 Å². The third-order valence-corrected chi connectivity index (χ3v) is 3.18. The molecule has 0 saturated carbocycles. The van der Waals surface area contributed by atoms with Crippen molar-refractivity contribution >= 4 is 11.6 Å². The Morgan fingerprint density at radius 1 is 1.00 bits per heavy atom. The van der Waals surface area contributed by atoms with E-state index in [1.807, 2.05) is 18.2 Å². The monoisotopic (exact) mass is 215 g/mol. The summed E-state index contributed by atoms with van der Waals surface area (Å²) in [5.41, 5.74) is 4.26. The van der Waals surface area contributed by atoms with E-state index < -0.39 is 0 Å². The lowest BCUT2D eigenvalue weighted by atomic mass is 10.1. The van der Waals surface area contributed by atoms with Gasteiger partial charge in [0.15, 0.2) is 0 Å². The molecule has 0 bridgehead atoms. The van der Waals surface area contributed by atoms with Gasteiger partial charge >= 0.3 is 0 Å². The molecule has 0 unspecified atom stereocenters. The second kappa shape index (κ2) is 3.01. The van der Waals surface area contributed by atoms with Crippen LogP contribution < -0.4 is 0 Å². The maximum atomic E-state index is 11.8. The Morgan fingerprint density at radius 2 is 1.80 bits per heavy atom. The standard InChI is InChI=1S/C13H8ClO/c14-12-6-5-10-9-4-2-1-3-8(9)7-11(10)13(12)15/h1-6H,7H2. The van der Waals surface area contributed by atoms with Gasteiger partial charge in [0, 0.05) is 12.0 Å². The largest absolute Gasteiger partial charge is 0.288 e. The summed E-state index contributed by atoms with van der Waals surface area (Å²) in [5, 5.41) is 12.1. The molecule has 1 nitrogen and oxygen atoms in total. The summed E-state index contributed by atoms with van der Waals surface area (Å²) in [6, 6.07) is 11.7. The minimum absolute atomic E-state index is 0.0228. The van der Waals surface area contributed by atoms with Crippen molar-refractivity contribution in [2.45, 2.75) is 6.42 Å². The van der Waals surface area contributed by atoms with Crippen LogP contribution in [0.2, 0.25) is 5.02 Å². The highest BCUT2D eigenvalue weighted by atomic mass is 35.5. The lowest BCUT2D eigenvalue weighted by Gasteiger charge is -2.01. The molecule has 0 fully saturated rings. The van der Waals surface area contributed by atoms with Gasteiger partial charge in [-0.2, -0.15) is 0 Å². The van der Waals surface area contributed by atoms with Crippen LogP contribution in [-0.4, -0.2) is 0 Å². The van der Waals surface area contributed by atoms with E-state index in [9.17, 15) is 5.11 Å².